The fourth-order valence-corrected chi connectivity index (χ4v) is 1.73. The molecule has 0 N–H and O–H groups in total. The van der Waals surface area contributed by atoms with Gasteiger partial charge in [-0.25, -0.2) is 8.78 Å². The third-order valence-corrected chi connectivity index (χ3v) is 2.71. The number of halogens is 2. The highest BCUT2D eigenvalue weighted by Gasteiger charge is 2.17. The van der Waals surface area contributed by atoms with Crippen molar-refractivity contribution in [2.45, 2.75) is 24.7 Å². The molecule has 0 aromatic heterocycles. The number of carbonyl (C=O) groups excluding carboxylic acids is 1. The summed E-state index contributed by atoms with van der Waals surface area (Å²) < 4.78 is 30.2. The largest absolute Gasteiger partial charge is 0.466 e. The van der Waals surface area contributed by atoms with Gasteiger partial charge in [-0.3, -0.25) is 4.79 Å². The molecule has 3 nitrogen and oxygen atoms in total. The minimum absolute atomic E-state index is 0.0235. The van der Waals surface area contributed by atoms with Crippen LogP contribution in [0.3, 0.4) is 0 Å². The van der Waals surface area contributed by atoms with E-state index in [4.69, 9.17) is 10.00 Å². The number of hydrogen-bond acceptors (Lipinski definition) is 4. The number of benzene rings is 1. The minimum Gasteiger partial charge on any atom is -0.466 e. The molecule has 0 aliphatic rings. The number of thiol groups is 1. The van der Waals surface area contributed by atoms with Gasteiger partial charge in [0.15, 0.2) is 0 Å². The lowest BCUT2D eigenvalue weighted by Crippen LogP contribution is -2.08. The maximum absolute atomic E-state index is 12.7. The Balaban J connectivity index is 3.11. The summed E-state index contributed by atoms with van der Waals surface area (Å²) in [5, 5.41) is 8.83. The van der Waals surface area contributed by atoms with Crippen LogP contribution in [0.4, 0.5) is 8.78 Å². The first-order valence-corrected chi connectivity index (χ1v) is 5.64. The van der Waals surface area contributed by atoms with Gasteiger partial charge in [0.25, 0.3) is 6.43 Å². The van der Waals surface area contributed by atoms with Gasteiger partial charge in [0.1, 0.15) is 6.07 Å². The van der Waals surface area contributed by atoms with Crippen molar-refractivity contribution in [3.8, 4) is 6.07 Å². The second kappa shape index (κ2) is 6.36. The summed E-state index contributed by atoms with van der Waals surface area (Å²) in [6, 6.07) is 4.31. The molecule has 0 fully saturated rings. The van der Waals surface area contributed by atoms with Crippen LogP contribution in [-0.4, -0.2) is 12.6 Å². The average molecular weight is 271 g/mol. The molecular weight excluding hydrogens is 260 g/mol. The second-order valence-corrected chi connectivity index (χ2v) is 3.92. The van der Waals surface area contributed by atoms with Gasteiger partial charge in [-0.05, 0) is 24.6 Å². The first-order chi connectivity index (χ1) is 8.49. The molecule has 0 unspecified atom stereocenters. The summed E-state index contributed by atoms with van der Waals surface area (Å²) in [4.78, 5) is 11.2. The van der Waals surface area contributed by atoms with Gasteiger partial charge in [-0.1, -0.05) is 0 Å². The zero-order valence-electron chi connectivity index (χ0n) is 9.61. The Morgan fingerprint density at radius 2 is 2.22 bits per heavy atom. The summed E-state index contributed by atoms with van der Waals surface area (Å²) >= 11 is 3.89. The van der Waals surface area contributed by atoms with E-state index >= 15 is 0 Å². The van der Waals surface area contributed by atoms with E-state index in [0.717, 1.165) is 0 Å². The lowest BCUT2D eigenvalue weighted by molar-refractivity contribution is -0.142. The minimum atomic E-state index is -2.74. The molecule has 1 rings (SSSR count). The van der Waals surface area contributed by atoms with Crippen molar-refractivity contribution >= 4 is 18.6 Å². The van der Waals surface area contributed by atoms with Crippen LogP contribution in [0, 0.1) is 11.3 Å². The van der Waals surface area contributed by atoms with Crippen LogP contribution in [0.1, 0.15) is 30.0 Å². The third-order valence-electron chi connectivity index (χ3n) is 2.21. The van der Waals surface area contributed by atoms with Crippen LogP contribution in [0.5, 0.6) is 0 Å². The highest BCUT2D eigenvalue weighted by Crippen LogP contribution is 2.29. The summed E-state index contributed by atoms with van der Waals surface area (Å²) in [7, 11) is 0. The van der Waals surface area contributed by atoms with Crippen LogP contribution in [0.2, 0.25) is 0 Å². The van der Waals surface area contributed by atoms with E-state index in [0.29, 0.717) is 5.56 Å². The van der Waals surface area contributed by atoms with Crippen molar-refractivity contribution in [2.24, 2.45) is 0 Å². The van der Waals surface area contributed by atoms with Crippen LogP contribution < -0.4 is 0 Å². The van der Waals surface area contributed by atoms with E-state index < -0.39 is 12.4 Å². The number of nitrogens with zero attached hydrogens (tertiary/aromatic N) is 1. The predicted molar refractivity (Wildman–Crippen MR) is 63.7 cm³/mol. The van der Waals surface area contributed by atoms with Crippen LogP contribution in [0.15, 0.2) is 17.0 Å². The molecule has 0 bridgehead atoms. The molecule has 18 heavy (non-hydrogen) atoms. The Labute approximate surface area is 109 Å². The Morgan fingerprint density at radius 3 is 2.72 bits per heavy atom. The van der Waals surface area contributed by atoms with Crippen molar-refractivity contribution in [1.82, 2.24) is 0 Å². The number of esters is 1. The molecule has 1 aromatic rings. The quantitative estimate of drug-likeness (QED) is 0.676. The summed E-state index contributed by atoms with van der Waals surface area (Å²) in [5.74, 6) is -0.520. The standard InChI is InChI=1S/C12H11F2NO2S/c1-2-17-10(16)5-7-3-8(6-15)11(18)9(4-7)12(13)14/h3-4,12,18H,2,5H2,1H3. The molecule has 0 spiro atoms. The molecule has 0 heterocycles. The Bertz CT molecular complexity index is 498. The summed E-state index contributed by atoms with van der Waals surface area (Å²) in [6.07, 6.45) is -2.89. The van der Waals surface area contributed by atoms with E-state index in [1.54, 1.807) is 13.0 Å². The van der Waals surface area contributed by atoms with E-state index in [1.165, 1.54) is 12.1 Å². The van der Waals surface area contributed by atoms with Gasteiger partial charge in [0.05, 0.1) is 18.6 Å². The predicted octanol–water partition coefficient (Wildman–Crippen LogP) is 2.89. The van der Waals surface area contributed by atoms with Gasteiger partial charge in [0, 0.05) is 10.5 Å². The first kappa shape index (κ1) is 14.5. The lowest BCUT2D eigenvalue weighted by atomic mass is 10.0. The Hall–Kier alpha value is -1.61. The van der Waals surface area contributed by atoms with Gasteiger partial charge >= 0.3 is 5.97 Å². The van der Waals surface area contributed by atoms with Gasteiger partial charge in [-0.15, -0.1) is 12.6 Å². The van der Waals surface area contributed by atoms with Crippen LogP contribution in [-0.2, 0) is 16.0 Å². The normalized spacial score (nSPS) is 10.2. The maximum Gasteiger partial charge on any atom is 0.310 e. The number of alkyl halides is 2. The maximum atomic E-state index is 12.7. The average Bonchev–Trinajstić information content (AvgIpc) is 2.31. The van der Waals surface area contributed by atoms with Crippen LogP contribution in [0.25, 0.3) is 0 Å². The zero-order chi connectivity index (χ0) is 13.7. The summed E-state index contributed by atoms with van der Waals surface area (Å²) in [5.41, 5.74) is -0.00906. The van der Waals surface area contributed by atoms with Crippen molar-refractivity contribution in [2.75, 3.05) is 6.61 Å². The Kier molecular flexibility index (Phi) is 5.10. The Morgan fingerprint density at radius 1 is 1.56 bits per heavy atom. The highest BCUT2D eigenvalue weighted by molar-refractivity contribution is 7.80. The van der Waals surface area contributed by atoms with Crippen molar-refractivity contribution in [1.29, 1.82) is 5.26 Å². The summed E-state index contributed by atoms with van der Waals surface area (Å²) in [6.45, 7) is 1.87. The van der Waals surface area contributed by atoms with Gasteiger partial charge in [0.2, 0.25) is 0 Å². The molecule has 6 heteroatoms. The number of rotatable bonds is 4. The molecule has 0 aliphatic heterocycles. The van der Waals surface area contributed by atoms with E-state index in [1.807, 2.05) is 0 Å². The molecule has 0 amide bonds. The molecule has 1 aromatic carbocycles. The van der Waals surface area contributed by atoms with E-state index in [2.05, 4.69) is 12.6 Å². The molecular formula is C12H11F2NO2S. The number of hydrogen-bond donors (Lipinski definition) is 1. The van der Waals surface area contributed by atoms with Crippen molar-refractivity contribution < 1.29 is 18.3 Å². The van der Waals surface area contributed by atoms with Gasteiger partial charge < -0.3 is 4.74 Å². The molecule has 0 aliphatic carbocycles. The second-order valence-electron chi connectivity index (χ2n) is 3.48. The van der Waals surface area contributed by atoms with E-state index in [-0.39, 0.29) is 29.1 Å². The molecule has 0 saturated heterocycles. The highest BCUT2D eigenvalue weighted by atomic mass is 32.1. The number of ether oxygens (including phenoxy) is 1. The third kappa shape index (κ3) is 3.44. The molecule has 96 valence electrons. The first-order valence-electron chi connectivity index (χ1n) is 5.19. The number of carbonyl (C=O) groups is 1. The molecule has 0 saturated carbocycles. The fraction of sp³-hybridized carbons (Fsp3) is 0.333. The molecule has 0 radical (unpaired) electrons. The van der Waals surface area contributed by atoms with E-state index in [9.17, 15) is 13.6 Å². The number of nitriles is 1. The van der Waals surface area contributed by atoms with Crippen molar-refractivity contribution in [3.63, 3.8) is 0 Å². The fourth-order valence-electron chi connectivity index (χ4n) is 1.45. The lowest BCUT2D eigenvalue weighted by Gasteiger charge is -2.09. The monoisotopic (exact) mass is 271 g/mol. The smallest absolute Gasteiger partial charge is 0.310 e. The van der Waals surface area contributed by atoms with Gasteiger partial charge in [-0.2, -0.15) is 5.26 Å². The zero-order valence-corrected chi connectivity index (χ0v) is 10.5. The van der Waals surface area contributed by atoms with Crippen molar-refractivity contribution in [3.05, 3.63) is 28.8 Å². The SMILES string of the molecule is CCOC(=O)Cc1cc(C#N)c(S)c(C(F)F)c1. The van der Waals surface area contributed by atoms with Crippen LogP contribution >= 0.6 is 12.6 Å². The molecule has 0 atom stereocenters. The topological polar surface area (TPSA) is 50.1 Å².